The largest absolute Gasteiger partial charge is 0.433 e. The summed E-state index contributed by atoms with van der Waals surface area (Å²) in [5, 5.41) is 3.09. The van der Waals surface area contributed by atoms with Crippen molar-refractivity contribution in [3.8, 4) is 0 Å². The fourth-order valence-electron chi connectivity index (χ4n) is 2.44. The van der Waals surface area contributed by atoms with Crippen molar-refractivity contribution in [2.45, 2.75) is 36.9 Å². The minimum atomic E-state index is -4.58. The summed E-state index contributed by atoms with van der Waals surface area (Å²) in [5.74, 6) is 0. The van der Waals surface area contributed by atoms with Crippen LogP contribution in [0.3, 0.4) is 0 Å². The number of nitrogens with zero attached hydrogens (tertiary/aromatic N) is 2. The minimum Gasteiger partial charge on any atom is -0.315 e. The Morgan fingerprint density at radius 2 is 2.09 bits per heavy atom. The van der Waals surface area contributed by atoms with Crippen LogP contribution in [0, 0.1) is 0 Å². The van der Waals surface area contributed by atoms with Crippen molar-refractivity contribution in [2.75, 3.05) is 19.6 Å². The highest BCUT2D eigenvalue weighted by Crippen LogP contribution is 2.28. The van der Waals surface area contributed by atoms with Crippen molar-refractivity contribution < 1.29 is 21.6 Å². The van der Waals surface area contributed by atoms with E-state index < -0.39 is 21.9 Å². The van der Waals surface area contributed by atoms with Gasteiger partial charge in [0.1, 0.15) is 10.6 Å². The lowest BCUT2D eigenvalue weighted by Gasteiger charge is -2.27. The highest BCUT2D eigenvalue weighted by Gasteiger charge is 2.35. The Morgan fingerprint density at radius 3 is 2.52 bits per heavy atom. The van der Waals surface area contributed by atoms with Gasteiger partial charge in [-0.1, -0.05) is 6.92 Å². The Labute approximate surface area is 139 Å². The summed E-state index contributed by atoms with van der Waals surface area (Å²) in [6.07, 6.45) is -2.49. The molecule has 5 nitrogen and oxygen atoms in total. The van der Waals surface area contributed by atoms with Crippen molar-refractivity contribution in [2.24, 2.45) is 0 Å². The molecule has 132 valence electrons. The van der Waals surface area contributed by atoms with Crippen molar-refractivity contribution in [1.29, 1.82) is 0 Å². The van der Waals surface area contributed by atoms with Crippen LogP contribution >= 0.6 is 12.4 Å². The summed E-state index contributed by atoms with van der Waals surface area (Å²) in [5.41, 5.74) is -1.10. The van der Waals surface area contributed by atoms with Gasteiger partial charge in [-0.2, -0.15) is 17.5 Å². The fraction of sp³-hybridized carbons (Fsp3) is 0.615. The molecule has 1 N–H and O–H groups in total. The first kappa shape index (κ1) is 20.1. The van der Waals surface area contributed by atoms with Gasteiger partial charge in [-0.15, -0.1) is 12.4 Å². The van der Waals surface area contributed by atoms with E-state index in [4.69, 9.17) is 0 Å². The van der Waals surface area contributed by atoms with E-state index in [0.29, 0.717) is 32.0 Å². The summed E-state index contributed by atoms with van der Waals surface area (Å²) < 4.78 is 64.2. The molecule has 1 saturated heterocycles. The van der Waals surface area contributed by atoms with Gasteiger partial charge in [0.15, 0.2) is 0 Å². The van der Waals surface area contributed by atoms with Gasteiger partial charge in [0.25, 0.3) is 0 Å². The lowest BCUT2D eigenvalue weighted by atomic mass is 10.2. The molecule has 0 radical (unpaired) electrons. The van der Waals surface area contributed by atoms with Gasteiger partial charge in [-0.05, 0) is 31.5 Å². The molecule has 1 aromatic heterocycles. The van der Waals surface area contributed by atoms with Crippen molar-refractivity contribution in [3.63, 3.8) is 0 Å². The second-order valence-electron chi connectivity index (χ2n) is 5.14. The first-order valence-electron chi connectivity index (χ1n) is 7.02. The topological polar surface area (TPSA) is 62.3 Å². The Bertz CT molecular complexity index is 602. The zero-order valence-electron chi connectivity index (χ0n) is 12.5. The van der Waals surface area contributed by atoms with E-state index in [2.05, 4.69) is 10.3 Å². The molecule has 0 aromatic carbocycles. The van der Waals surface area contributed by atoms with Gasteiger partial charge in [-0.25, -0.2) is 8.42 Å². The molecule has 1 aliphatic heterocycles. The van der Waals surface area contributed by atoms with E-state index >= 15 is 0 Å². The number of hydrogen-bond acceptors (Lipinski definition) is 4. The van der Waals surface area contributed by atoms with E-state index in [9.17, 15) is 21.6 Å². The van der Waals surface area contributed by atoms with Crippen LogP contribution < -0.4 is 5.32 Å². The smallest absolute Gasteiger partial charge is 0.315 e. The first-order chi connectivity index (χ1) is 10.3. The summed E-state index contributed by atoms with van der Waals surface area (Å²) >= 11 is 0. The van der Waals surface area contributed by atoms with Gasteiger partial charge in [0.05, 0.1) is 0 Å². The molecule has 0 saturated carbocycles. The number of hydrogen-bond donors (Lipinski definition) is 1. The number of aromatic nitrogens is 1. The Hall–Kier alpha value is -0.900. The maximum absolute atomic E-state index is 12.6. The van der Waals surface area contributed by atoms with Crippen molar-refractivity contribution in [3.05, 3.63) is 24.0 Å². The fourth-order valence-corrected chi connectivity index (χ4v) is 4.13. The molecule has 1 unspecified atom stereocenters. The predicted octanol–water partition coefficient (Wildman–Crippen LogP) is 2.28. The maximum Gasteiger partial charge on any atom is 0.433 e. The molecule has 1 fully saturated rings. The highest BCUT2D eigenvalue weighted by atomic mass is 35.5. The van der Waals surface area contributed by atoms with Crippen LogP contribution in [0.5, 0.6) is 0 Å². The average Bonchev–Trinajstić information content (AvgIpc) is 2.97. The number of pyridine rings is 1. The van der Waals surface area contributed by atoms with E-state index in [-0.39, 0.29) is 23.3 Å². The van der Waals surface area contributed by atoms with Crippen LogP contribution in [0.15, 0.2) is 23.2 Å². The molecule has 0 bridgehead atoms. The molecular formula is C13H19ClF3N3O2S. The van der Waals surface area contributed by atoms with E-state index in [1.807, 2.05) is 6.92 Å². The molecular weight excluding hydrogens is 355 g/mol. The summed E-state index contributed by atoms with van der Waals surface area (Å²) in [6, 6.07) is 1.49. The van der Waals surface area contributed by atoms with E-state index in [1.165, 1.54) is 4.31 Å². The number of sulfonamides is 1. The third kappa shape index (κ3) is 4.56. The maximum atomic E-state index is 12.6. The zero-order valence-corrected chi connectivity index (χ0v) is 14.1. The van der Waals surface area contributed by atoms with Crippen molar-refractivity contribution in [1.82, 2.24) is 14.6 Å². The van der Waals surface area contributed by atoms with Gasteiger partial charge < -0.3 is 5.32 Å². The molecule has 0 amide bonds. The summed E-state index contributed by atoms with van der Waals surface area (Å²) in [7, 11) is -3.85. The normalized spacial score (nSPS) is 18.9. The zero-order chi connectivity index (χ0) is 16.4. The highest BCUT2D eigenvalue weighted by molar-refractivity contribution is 7.89. The van der Waals surface area contributed by atoms with Crippen LogP contribution in [-0.4, -0.2) is 43.4 Å². The molecule has 10 heteroatoms. The molecule has 23 heavy (non-hydrogen) atoms. The van der Waals surface area contributed by atoms with Crippen LogP contribution in [0.25, 0.3) is 0 Å². The van der Waals surface area contributed by atoms with Gasteiger partial charge in [0, 0.05) is 25.3 Å². The average molecular weight is 374 g/mol. The number of halogens is 4. The van der Waals surface area contributed by atoms with Crippen LogP contribution in [0.1, 0.15) is 25.5 Å². The second-order valence-corrected chi connectivity index (χ2v) is 7.03. The molecule has 1 atom stereocenters. The molecule has 1 aliphatic rings. The van der Waals surface area contributed by atoms with Crippen LogP contribution in [0.2, 0.25) is 0 Å². The number of alkyl halides is 3. The Kier molecular flexibility index (Phi) is 6.81. The number of rotatable bonds is 5. The van der Waals surface area contributed by atoms with E-state index in [0.717, 1.165) is 18.8 Å². The molecule has 1 aromatic rings. The molecule has 2 heterocycles. The lowest BCUT2D eigenvalue weighted by molar-refractivity contribution is -0.141. The third-order valence-corrected chi connectivity index (χ3v) is 5.45. The molecule has 2 rings (SSSR count). The SMILES string of the molecule is CCCN(C1CCNC1)S(=O)(=O)c1ccc(C(F)(F)F)nc1.Cl. The van der Waals surface area contributed by atoms with Gasteiger partial charge in [0.2, 0.25) is 10.0 Å². The molecule has 0 spiro atoms. The molecule has 0 aliphatic carbocycles. The predicted molar refractivity (Wildman–Crippen MR) is 81.9 cm³/mol. The Morgan fingerprint density at radius 1 is 1.39 bits per heavy atom. The van der Waals surface area contributed by atoms with Crippen LogP contribution in [0.4, 0.5) is 13.2 Å². The lowest BCUT2D eigenvalue weighted by Crippen LogP contribution is -2.42. The second kappa shape index (κ2) is 7.78. The third-order valence-electron chi connectivity index (χ3n) is 3.52. The standard InChI is InChI=1S/C13H18F3N3O2S.ClH/c1-2-7-19(10-5-6-17-8-10)22(20,21)11-3-4-12(18-9-11)13(14,15)16;/h3-4,9-10,17H,2,5-8H2,1H3;1H. The summed E-state index contributed by atoms with van der Waals surface area (Å²) in [4.78, 5) is 3.03. The first-order valence-corrected chi connectivity index (χ1v) is 8.46. The van der Waals surface area contributed by atoms with Crippen LogP contribution in [-0.2, 0) is 16.2 Å². The monoisotopic (exact) mass is 373 g/mol. The van der Waals surface area contributed by atoms with Crippen molar-refractivity contribution >= 4 is 22.4 Å². The number of nitrogens with one attached hydrogen (secondary N) is 1. The minimum absolute atomic E-state index is 0. The van der Waals surface area contributed by atoms with Gasteiger partial charge >= 0.3 is 6.18 Å². The Balaban J connectivity index is 0.00000264. The van der Waals surface area contributed by atoms with E-state index in [1.54, 1.807) is 0 Å². The summed E-state index contributed by atoms with van der Waals surface area (Å²) in [6.45, 7) is 3.46. The van der Waals surface area contributed by atoms with Gasteiger partial charge in [-0.3, -0.25) is 4.98 Å². The quantitative estimate of drug-likeness (QED) is 0.860.